The van der Waals surface area contributed by atoms with E-state index in [9.17, 15) is 0 Å². The third-order valence-corrected chi connectivity index (χ3v) is 5.11. The fourth-order valence-electron chi connectivity index (χ4n) is 3.58. The lowest BCUT2D eigenvalue weighted by atomic mass is 10.1. The predicted molar refractivity (Wildman–Crippen MR) is 121 cm³/mol. The van der Waals surface area contributed by atoms with Crippen LogP contribution in [0.3, 0.4) is 0 Å². The average molecular weight is 418 g/mol. The third-order valence-electron chi connectivity index (χ3n) is 5.11. The first-order valence-corrected chi connectivity index (χ1v) is 10.1. The first-order chi connectivity index (χ1) is 15.1. The summed E-state index contributed by atoms with van der Waals surface area (Å²) in [5.41, 5.74) is 4.62. The largest absolute Gasteiger partial charge is 0.496 e. The van der Waals surface area contributed by atoms with E-state index in [1.807, 2.05) is 66.0 Å². The van der Waals surface area contributed by atoms with Gasteiger partial charge in [0.05, 0.1) is 27.0 Å². The molecule has 0 spiro atoms. The van der Waals surface area contributed by atoms with Gasteiger partial charge in [0.1, 0.15) is 11.6 Å². The maximum atomic E-state index is 5.49. The molecule has 7 nitrogen and oxygen atoms in total. The number of para-hydroxylation sites is 1. The van der Waals surface area contributed by atoms with E-state index in [-0.39, 0.29) is 0 Å². The van der Waals surface area contributed by atoms with E-state index in [0.29, 0.717) is 0 Å². The summed E-state index contributed by atoms with van der Waals surface area (Å²) in [6, 6.07) is 17.8. The Kier molecular flexibility index (Phi) is 5.93. The van der Waals surface area contributed by atoms with Gasteiger partial charge in [-0.25, -0.2) is 4.98 Å². The highest BCUT2D eigenvalue weighted by atomic mass is 16.5. The molecule has 1 N–H and O–H groups in total. The zero-order chi connectivity index (χ0) is 21.8. The van der Waals surface area contributed by atoms with Crippen molar-refractivity contribution in [1.82, 2.24) is 14.6 Å². The van der Waals surface area contributed by atoms with Crippen molar-refractivity contribution in [1.29, 1.82) is 0 Å². The van der Waals surface area contributed by atoms with Crippen molar-refractivity contribution in [2.45, 2.75) is 13.3 Å². The standard InChI is InChI=1S/C24H26N4O3/c1-16-13-23(25-12-11-17-9-10-21(30-3)22(14-17)31-4)28-24(26-16)15-19(27-28)18-7-5-6-8-20(18)29-2/h5-10,13-15,25H,11-12H2,1-4H3. The smallest absolute Gasteiger partial charge is 0.160 e. The van der Waals surface area contributed by atoms with Gasteiger partial charge in [-0.1, -0.05) is 18.2 Å². The Morgan fingerprint density at radius 1 is 0.871 bits per heavy atom. The number of fused-ring (bicyclic) bond motifs is 1. The summed E-state index contributed by atoms with van der Waals surface area (Å²) >= 11 is 0. The number of methoxy groups -OCH3 is 3. The summed E-state index contributed by atoms with van der Waals surface area (Å²) in [5, 5.41) is 8.28. The van der Waals surface area contributed by atoms with E-state index >= 15 is 0 Å². The van der Waals surface area contributed by atoms with Crippen LogP contribution in [0.25, 0.3) is 16.9 Å². The number of nitrogens with one attached hydrogen (secondary N) is 1. The summed E-state index contributed by atoms with van der Waals surface area (Å²) < 4.78 is 18.0. The van der Waals surface area contributed by atoms with Crippen LogP contribution in [0.1, 0.15) is 11.3 Å². The number of anilines is 1. The summed E-state index contributed by atoms with van der Waals surface area (Å²) in [4.78, 5) is 4.64. The Hall–Kier alpha value is -3.74. The molecular formula is C24H26N4O3. The molecule has 2 aromatic carbocycles. The second-order valence-electron chi connectivity index (χ2n) is 7.15. The van der Waals surface area contributed by atoms with E-state index in [1.54, 1.807) is 21.3 Å². The van der Waals surface area contributed by atoms with Crippen molar-refractivity contribution in [2.75, 3.05) is 33.2 Å². The van der Waals surface area contributed by atoms with E-state index in [1.165, 1.54) is 0 Å². The molecule has 2 aromatic heterocycles. The van der Waals surface area contributed by atoms with Gasteiger partial charge in [-0.15, -0.1) is 0 Å². The highest BCUT2D eigenvalue weighted by molar-refractivity contribution is 5.71. The molecule has 4 rings (SSSR count). The molecule has 0 aliphatic heterocycles. The number of aryl methyl sites for hydroxylation is 1. The molecule has 0 saturated carbocycles. The fourth-order valence-corrected chi connectivity index (χ4v) is 3.58. The van der Waals surface area contributed by atoms with Crippen LogP contribution in [0.5, 0.6) is 17.2 Å². The predicted octanol–water partition coefficient (Wildman–Crippen LogP) is 4.39. The van der Waals surface area contributed by atoms with Crippen LogP contribution in [-0.4, -0.2) is 42.5 Å². The molecule has 160 valence electrons. The lowest BCUT2D eigenvalue weighted by Gasteiger charge is -2.11. The SMILES string of the molecule is COc1ccc(CCNc2cc(C)nc3cc(-c4ccccc4OC)nn23)cc1OC. The average Bonchev–Trinajstić information content (AvgIpc) is 3.22. The number of rotatable bonds is 8. The first kappa shape index (κ1) is 20.5. The second-order valence-corrected chi connectivity index (χ2v) is 7.15. The minimum absolute atomic E-state index is 0.728. The van der Waals surface area contributed by atoms with Gasteiger partial charge < -0.3 is 19.5 Å². The van der Waals surface area contributed by atoms with Crippen LogP contribution in [0.2, 0.25) is 0 Å². The highest BCUT2D eigenvalue weighted by Gasteiger charge is 2.13. The second kappa shape index (κ2) is 8.95. The van der Waals surface area contributed by atoms with Crippen molar-refractivity contribution in [2.24, 2.45) is 0 Å². The number of ether oxygens (including phenoxy) is 3. The molecule has 0 aliphatic carbocycles. The quantitative estimate of drug-likeness (QED) is 0.458. The zero-order valence-electron chi connectivity index (χ0n) is 18.2. The summed E-state index contributed by atoms with van der Waals surface area (Å²) in [5.74, 6) is 3.14. The Balaban J connectivity index is 1.57. The topological polar surface area (TPSA) is 69.9 Å². The van der Waals surface area contributed by atoms with Gasteiger partial charge in [0, 0.05) is 29.9 Å². The van der Waals surface area contributed by atoms with Gasteiger partial charge in [-0.3, -0.25) is 0 Å². The zero-order valence-corrected chi connectivity index (χ0v) is 18.2. The van der Waals surface area contributed by atoms with E-state index in [0.717, 1.165) is 64.2 Å². The molecule has 2 heterocycles. The summed E-state index contributed by atoms with van der Waals surface area (Å²) in [7, 11) is 4.95. The molecule has 0 radical (unpaired) electrons. The van der Waals surface area contributed by atoms with E-state index < -0.39 is 0 Å². The molecule has 0 amide bonds. The van der Waals surface area contributed by atoms with Crippen molar-refractivity contribution in [3.8, 4) is 28.5 Å². The number of aromatic nitrogens is 3. The monoisotopic (exact) mass is 418 g/mol. The molecule has 0 aliphatic rings. The fraction of sp³-hybridized carbons (Fsp3) is 0.250. The van der Waals surface area contributed by atoms with Crippen LogP contribution in [0, 0.1) is 6.92 Å². The molecular weight excluding hydrogens is 392 g/mol. The van der Waals surface area contributed by atoms with Crippen molar-refractivity contribution in [3.05, 3.63) is 65.9 Å². The normalized spacial score (nSPS) is 10.8. The van der Waals surface area contributed by atoms with E-state index in [4.69, 9.17) is 19.3 Å². The Labute approximate surface area is 181 Å². The Morgan fingerprint density at radius 2 is 1.65 bits per heavy atom. The number of hydrogen-bond donors (Lipinski definition) is 1. The molecule has 0 unspecified atom stereocenters. The molecule has 0 atom stereocenters. The van der Waals surface area contributed by atoms with Crippen molar-refractivity contribution < 1.29 is 14.2 Å². The Bertz CT molecular complexity index is 1200. The highest BCUT2D eigenvalue weighted by Crippen LogP contribution is 2.30. The van der Waals surface area contributed by atoms with Crippen LogP contribution in [0.15, 0.2) is 54.6 Å². The lowest BCUT2D eigenvalue weighted by molar-refractivity contribution is 0.354. The van der Waals surface area contributed by atoms with Gasteiger partial charge in [-0.2, -0.15) is 9.61 Å². The van der Waals surface area contributed by atoms with E-state index in [2.05, 4.69) is 10.3 Å². The van der Waals surface area contributed by atoms with Gasteiger partial charge in [0.15, 0.2) is 17.1 Å². The number of hydrogen-bond acceptors (Lipinski definition) is 6. The maximum Gasteiger partial charge on any atom is 0.160 e. The number of nitrogens with zero attached hydrogens (tertiary/aromatic N) is 3. The molecule has 0 fully saturated rings. The van der Waals surface area contributed by atoms with Gasteiger partial charge in [-0.05, 0) is 43.2 Å². The van der Waals surface area contributed by atoms with Gasteiger partial charge in [0.2, 0.25) is 0 Å². The molecule has 0 saturated heterocycles. The Morgan fingerprint density at radius 3 is 2.42 bits per heavy atom. The first-order valence-electron chi connectivity index (χ1n) is 10.1. The van der Waals surface area contributed by atoms with Crippen LogP contribution in [0.4, 0.5) is 5.82 Å². The van der Waals surface area contributed by atoms with Crippen molar-refractivity contribution in [3.63, 3.8) is 0 Å². The summed E-state index contributed by atoms with van der Waals surface area (Å²) in [6.07, 6.45) is 0.823. The minimum Gasteiger partial charge on any atom is -0.496 e. The molecule has 31 heavy (non-hydrogen) atoms. The maximum absolute atomic E-state index is 5.49. The third kappa shape index (κ3) is 4.26. The van der Waals surface area contributed by atoms with Gasteiger partial charge in [0.25, 0.3) is 0 Å². The molecule has 0 bridgehead atoms. The lowest BCUT2D eigenvalue weighted by Crippen LogP contribution is -2.10. The van der Waals surface area contributed by atoms with Crippen LogP contribution < -0.4 is 19.5 Å². The summed E-state index contributed by atoms with van der Waals surface area (Å²) in [6.45, 7) is 2.72. The molecule has 4 aromatic rings. The van der Waals surface area contributed by atoms with Crippen LogP contribution in [-0.2, 0) is 6.42 Å². The van der Waals surface area contributed by atoms with Crippen LogP contribution >= 0.6 is 0 Å². The minimum atomic E-state index is 0.728. The molecule has 7 heteroatoms. The van der Waals surface area contributed by atoms with Crippen molar-refractivity contribution >= 4 is 11.5 Å². The van der Waals surface area contributed by atoms with Gasteiger partial charge >= 0.3 is 0 Å². The number of benzene rings is 2.